The highest BCUT2D eigenvalue weighted by molar-refractivity contribution is 14.0. The van der Waals surface area contributed by atoms with Gasteiger partial charge in [-0.2, -0.15) is 0 Å². The van der Waals surface area contributed by atoms with Crippen LogP contribution in [0.3, 0.4) is 0 Å². The van der Waals surface area contributed by atoms with Gasteiger partial charge in [-0.25, -0.2) is 12.7 Å². The van der Waals surface area contributed by atoms with Gasteiger partial charge < -0.3 is 11.1 Å². The van der Waals surface area contributed by atoms with E-state index in [1.54, 1.807) is 11.3 Å². The Morgan fingerprint density at radius 1 is 1.57 bits per heavy atom. The average molecular weight is 444 g/mol. The van der Waals surface area contributed by atoms with Gasteiger partial charge in [-0.3, -0.25) is 4.99 Å². The van der Waals surface area contributed by atoms with Gasteiger partial charge in [0.2, 0.25) is 10.0 Å². The van der Waals surface area contributed by atoms with E-state index in [0.29, 0.717) is 25.6 Å². The standard InChI is InChI=1S/C12H20N4O2S2.HI/c1-20(17,18)16-8-10(9-16)7-15-12(13)14-5-4-11-3-2-6-19-11;/h2-3,6,10H,4-5,7-9H2,1H3,(H3,13,14,15);1H. The summed E-state index contributed by atoms with van der Waals surface area (Å²) in [6, 6.07) is 4.12. The van der Waals surface area contributed by atoms with Gasteiger partial charge in [0.05, 0.1) is 6.26 Å². The molecule has 1 fully saturated rings. The highest BCUT2D eigenvalue weighted by Crippen LogP contribution is 2.18. The van der Waals surface area contributed by atoms with E-state index in [9.17, 15) is 8.42 Å². The number of hydrogen-bond donors (Lipinski definition) is 2. The van der Waals surface area contributed by atoms with E-state index in [-0.39, 0.29) is 29.9 Å². The van der Waals surface area contributed by atoms with Crippen LogP contribution in [0.25, 0.3) is 0 Å². The van der Waals surface area contributed by atoms with Crippen molar-refractivity contribution in [2.45, 2.75) is 6.42 Å². The van der Waals surface area contributed by atoms with Crippen LogP contribution in [0.4, 0.5) is 0 Å². The molecular weight excluding hydrogens is 423 g/mol. The van der Waals surface area contributed by atoms with Crippen LogP contribution < -0.4 is 11.1 Å². The van der Waals surface area contributed by atoms with Crippen molar-refractivity contribution >= 4 is 51.3 Å². The molecule has 21 heavy (non-hydrogen) atoms. The Bertz CT molecular complexity index is 554. The summed E-state index contributed by atoms with van der Waals surface area (Å²) in [6.45, 7) is 2.43. The molecule has 0 bridgehead atoms. The van der Waals surface area contributed by atoms with E-state index in [0.717, 1.165) is 13.0 Å². The van der Waals surface area contributed by atoms with Crippen LogP contribution in [-0.2, 0) is 16.4 Å². The van der Waals surface area contributed by atoms with E-state index in [1.165, 1.54) is 15.4 Å². The maximum absolute atomic E-state index is 11.2. The van der Waals surface area contributed by atoms with Crippen LogP contribution >= 0.6 is 35.3 Å². The van der Waals surface area contributed by atoms with Gasteiger partial charge in [-0.15, -0.1) is 35.3 Å². The SMILES string of the molecule is CS(=O)(=O)N1CC(CN=C(N)NCCc2cccs2)C1.I. The molecule has 2 rings (SSSR count). The number of thiophene rings is 1. The lowest BCUT2D eigenvalue weighted by molar-refractivity contribution is 0.209. The Balaban J connectivity index is 0.00000220. The van der Waals surface area contributed by atoms with Gasteiger partial charge in [-0.05, 0) is 17.9 Å². The molecule has 0 aliphatic carbocycles. The minimum absolute atomic E-state index is 0. The Morgan fingerprint density at radius 3 is 2.86 bits per heavy atom. The molecule has 1 aliphatic heterocycles. The second kappa shape index (κ2) is 8.30. The first-order valence-electron chi connectivity index (χ1n) is 6.46. The minimum Gasteiger partial charge on any atom is -0.370 e. The Kier molecular flexibility index (Phi) is 7.37. The topological polar surface area (TPSA) is 87.8 Å². The van der Waals surface area contributed by atoms with Crippen LogP contribution in [0, 0.1) is 5.92 Å². The lowest BCUT2D eigenvalue weighted by atomic mass is 10.0. The second-order valence-corrected chi connectivity index (χ2v) is 7.94. The van der Waals surface area contributed by atoms with Crippen molar-refractivity contribution < 1.29 is 8.42 Å². The van der Waals surface area contributed by atoms with E-state index in [2.05, 4.69) is 21.8 Å². The van der Waals surface area contributed by atoms with Crippen LogP contribution in [0.2, 0.25) is 0 Å². The number of sulfonamides is 1. The number of halogens is 1. The highest BCUT2D eigenvalue weighted by Gasteiger charge is 2.32. The number of nitrogens with one attached hydrogen (secondary N) is 1. The van der Waals surface area contributed by atoms with Crippen molar-refractivity contribution in [3.8, 4) is 0 Å². The van der Waals surface area contributed by atoms with Crippen molar-refractivity contribution in [2.24, 2.45) is 16.6 Å². The third-order valence-corrected chi connectivity index (χ3v) is 5.34. The van der Waals surface area contributed by atoms with Crippen molar-refractivity contribution in [1.29, 1.82) is 0 Å². The largest absolute Gasteiger partial charge is 0.370 e. The van der Waals surface area contributed by atoms with Crippen molar-refractivity contribution in [3.05, 3.63) is 22.4 Å². The number of nitrogens with zero attached hydrogens (tertiary/aromatic N) is 2. The van der Waals surface area contributed by atoms with Gasteiger partial charge in [0.15, 0.2) is 5.96 Å². The molecule has 120 valence electrons. The zero-order chi connectivity index (χ0) is 14.6. The molecule has 0 amide bonds. The van der Waals surface area contributed by atoms with Gasteiger partial charge in [-0.1, -0.05) is 6.07 Å². The fourth-order valence-corrected chi connectivity index (χ4v) is 3.63. The number of guanidine groups is 1. The number of rotatable bonds is 6. The van der Waals surface area contributed by atoms with Crippen molar-refractivity contribution in [2.75, 3.05) is 32.4 Å². The molecule has 6 nitrogen and oxygen atoms in total. The molecule has 1 aliphatic rings. The maximum atomic E-state index is 11.2. The smallest absolute Gasteiger partial charge is 0.211 e. The zero-order valence-corrected chi connectivity index (χ0v) is 15.8. The molecule has 0 saturated carbocycles. The minimum atomic E-state index is -3.04. The van der Waals surface area contributed by atoms with Crippen LogP contribution in [0.5, 0.6) is 0 Å². The first kappa shape index (κ1) is 18.7. The monoisotopic (exact) mass is 444 g/mol. The predicted molar refractivity (Wildman–Crippen MR) is 97.8 cm³/mol. The van der Waals surface area contributed by atoms with Crippen LogP contribution in [-0.4, -0.2) is 51.1 Å². The number of nitrogens with two attached hydrogens (primary N) is 1. The average Bonchev–Trinajstić information content (AvgIpc) is 2.78. The van der Waals surface area contributed by atoms with E-state index in [1.807, 2.05) is 6.07 Å². The molecule has 0 atom stereocenters. The fourth-order valence-electron chi connectivity index (χ4n) is 1.96. The van der Waals surface area contributed by atoms with Crippen molar-refractivity contribution in [1.82, 2.24) is 9.62 Å². The molecule has 0 unspecified atom stereocenters. The molecule has 1 saturated heterocycles. The van der Waals surface area contributed by atoms with Gasteiger partial charge in [0, 0.05) is 37.0 Å². The Hall–Kier alpha value is -0.390. The van der Waals surface area contributed by atoms with Gasteiger partial charge in [0.1, 0.15) is 0 Å². The first-order valence-corrected chi connectivity index (χ1v) is 9.19. The Labute approximate surface area is 146 Å². The van der Waals surface area contributed by atoms with Crippen LogP contribution in [0.15, 0.2) is 22.5 Å². The normalized spacial score (nSPS) is 17.1. The van der Waals surface area contributed by atoms with Gasteiger partial charge >= 0.3 is 0 Å². The summed E-state index contributed by atoms with van der Waals surface area (Å²) in [7, 11) is -3.04. The summed E-state index contributed by atoms with van der Waals surface area (Å²) in [5.41, 5.74) is 5.77. The lowest BCUT2D eigenvalue weighted by Crippen LogP contribution is -2.50. The maximum Gasteiger partial charge on any atom is 0.211 e. The number of hydrogen-bond acceptors (Lipinski definition) is 4. The number of aliphatic imine (C=N–C) groups is 1. The molecule has 2 heterocycles. The zero-order valence-electron chi connectivity index (χ0n) is 11.9. The second-order valence-electron chi connectivity index (χ2n) is 4.93. The molecule has 0 spiro atoms. The fraction of sp³-hybridized carbons (Fsp3) is 0.583. The quantitative estimate of drug-likeness (QED) is 0.384. The highest BCUT2D eigenvalue weighted by atomic mass is 127. The molecule has 0 radical (unpaired) electrons. The van der Waals surface area contributed by atoms with E-state index >= 15 is 0 Å². The first-order chi connectivity index (χ1) is 9.45. The summed E-state index contributed by atoms with van der Waals surface area (Å²) in [5, 5.41) is 5.12. The summed E-state index contributed by atoms with van der Waals surface area (Å²) in [5.74, 6) is 0.710. The lowest BCUT2D eigenvalue weighted by Gasteiger charge is -2.36. The van der Waals surface area contributed by atoms with Gasteiger partial charge in [0.25, 0.3) is 0 Å². The summed E-state index contributed by atoms with van der Waals surface area (Å²) in [6.07, 6.45) is 2.16. The molecule has 0 aromatic carbocycles. The molecule has 1 aromatic rings. The third kappa shape index (κ3) is 6.09. The molecule has 9 heteroatoms. The Morgan fingerprint density at radius 2 is 2.29 bits per heavy atom. The van der Waals surface area contributed by atoms with E-state index in [4.69, 9.17) is 5.73 Å². The predicted octanol–water partition coefficient (Wildman–Crippen LogP) is 0.704. The molecular formula is C12H21IN4O2S2. The molecule has 3 N–H and O–H groups in total. The van der Waals surface area contributed by atoms with Crippen LogP contribution in [0.1, 0.15) is 4.88 Å². The summed E-state index contributed by atoms with van der Waals surface area (Å²) >= 11 is 1.73. The van der Waals surface area contributed by atoms with Crippen molar-refractivity contribution in [3.63, 3.8) is 0 Å². The molecule has 1 aromatic heterocycles. The summed E-state index contributed by atoms with van der Waals surface area (Å²) in [4.78, 5) is 5.56. The summed E-state index contributed by atoms with van der Waals surface area (Å²) < 4.78 is 23.9. The van der Waals surface area contributed by atoms with E-state index < -0.39 is 10.0 Å². The third-order valence-electron chi connectivity index (χ3n) is 3.17.